The maximum atomic E-state index is 12.9. The molecule has 2 aromatic heterocycles. The Hall–Kier alpha value is -1.73. The molecule has 0 aliphatic heterocycles. The topological polar surface area (TPSA) is 70.4 Å². The summed E-state index contributed by atoms with van der Waals surface area (Å²) >= 11 is 1.62. The highest BCUT2D eigenvalue weighted by molar-refractivity contribution is 7.18. The van der Waals surface area contributed by atoms with E-state index in [2.05, 4.69) is 4.98 Å². The lowest BCUT2D eigenvalue weighted by atomic mass is 9.97. The van der Waals surface area contributed by atoms with Gasteiger partial charge in [0.1, 0.15) is 23.8 Å². The van der Waals surface area contributed by atoms with Crippen molar-refractivity contribution in [1.82, 2.24) is 9.55 Å². The summed E-state index contributed by atoms with van der Waals surface area (Å²) < 4.78 is 11.9. The van der Waals surface area contributed by atoms with Crippen molar-refractivity contribution in [2.24, 2.45) is 0 Å². The summed E-state index contributed by atoms with van der Waals surface area (Å²) in [7, 11) is 0. The Kier molecular flexibility index (Phi) is 5.86. The first kappa shape index (κ1) is 18.1. The number of ether oxygens (including phenoxy) is 2. The monoisotopic (exact) mass is 364 g/mol. The second-order valence-corrected chi connectivity index (χ2v) is 7.36. The van der Waals surface area contributed by atoms with Crippen LogP contribution in [0.4, 0.5) is 0 Å². The van der Waals surface area contributed by atoms with Gasteiger partial charge in [0.15, 0.2) is 0 Å². The number of carbonyl (C=O) groups is 1. The molecule has 0 unspecified atom stereocenters. The van der Waals surface area contributed by atoms with E-state index in [9.17, 15) is 9.59 Å². The van der Waals surface area contributed by atoms with Gasteiger partial charge in [-0.3, -0.25) is 14.2 Å². The van der Waals surface area contributed by atoms with Crippen LogP contribution in [0.3, 0.4) is 0 Å². The molecule has 1 aliphatic rings. The molecule has 136 valence electrons. The average molecular weight is 364 g/mol. The normalized spacial score (nSPS) is 13.8. The van der Waals surface area contributed by atoms with E-state index in [1.165, 1.54) is 15.9 Å². The lowest BCUT2D eigenvalue weighted by molar-refractivity contribution is -0.146. The van der Waals surface area contributed by atoms with E-state index >= 15 is 0 Å². The number of esters is 1. The third kappa shape index (κ3) is 3.93. The molecule has 0 saturated heterocycles. The fraction of sp³-hybridized carbons (Fsp3) is 0.611. The zero-order valence-electron chi connectivity index (χ0n) is 14.8. The molecular formula is C18H24N2O4S. The van der Waals surface area contributed by atoms with E-state index in [0.29, 0.717) is 24.4 Å². The molecule has 6 nitrogen and oxygen atoms in total. The van der Waals surface area contributed by atoms with E-state index in [-0.39, 0.29) is 18.7 Å². The highest BCUT2D eigenvalue weighted by Gasteiger charge is 2.22. The summed E-state index contributed by atoms with van der Waals surface area (Å²) in [6.07, 6.45) is 5.15. The van der Waals surface area contributed by atoms with Crippen LogP contribution in [-0.2, 0) is 33.7 Å². The summed E-state index contributed by atoms with van der Waals surface area (Å²) in [5.41, 5.74) is 1.01. The van der Waals surface area contributed by atoms with Crippen LogP contribution in [0, 0.1) is 6.92 Å². The second-order valence-electron chi connectivity index (χ2n) is 6.27. The predicted molar refractivity (Wildman–Crippen MR) is 97.3 cm³/mol. The molecule has 3 rings (SSSR count). The van der Waals surface area contributed by atoms with Crippen molar-refractivity contribution in [1.29, 1.82) is 0 Å². The Bertz CT molecular complexity index is 825. The first-order valence-corrected chi connectivity index (χ1v) is 9.68. The van der Waals surface area contributed by atoms with Gasteiger partial charge in [-0.1, -0.05) is 6.92 Å². The van der Waals surface area contributed by atoms with Crippen LogP contribution in [0.1, 0.15) is 42.5 Å². The summed E-state index contributed by atoms with van der Waals surface area (Å²) in [6, 6.07) is 0. The number of hydrogen-bond donors (Lipinski definition) is 0. The van der Waals surface area contributed by atoms with Crippen LogP contribution in [-0.4, -0.2) is 35.3 Å². The maximum Gasteiger partial charge on any atom is 0.326 e. The van der Waals surface area contributed by atoms with Gasteiger partial charge in [0.2, 0.25) is 0 Å². The molecule has 1 aliphatic carbocycles. The molecule has 0 fully saturated rings. The van der Waals surface area contributed by atoms with Gasteiger partial charge < -0.3 is 9.47 Å². The van der Waals surface area contributed by atoms with E-state index in [1.54, 1.807) is 18.3 Å². The third-order valence-corrected chi connectivity index (χ3v) is 5.58. The summed E-state index contributed by atoms with van der Waals surface area (Å²) in [5.74, 6) is 0.117. The summed E-state index contributed by atoms with van der Waals surface area (Å²) in [6.45, 7) is 4.91. The van der Waals surface area contributed by atoms with Crippen molar-refractivity contribution >= 4 is 27.5 Å². The zero-order valence-corrected chi connectivity index (χ0v) is 15.6. The Labute approximate surface area is 150 Å². The number of fused-ring (bicyclic) bond motifs is 3. The van der Waals surface area contributed by atoms with E-state index < -0.39 is 5.97 Å². The van der Waals surface area contributed by atoms with Gasteiger partial charge in [0.05, 0.1) is 12.0 Å². The summed E-state index contributed by atoms with van der Waals surface area (Å²) in [5, 5.41) is 0.698. The average Bonchev–Trinajstić information content (AvgIpc) is 2.96. The standard InChI is InChI=1S/C18H24N2O4S/c1-3-8-23-9-10-24-15(21)11-20-12(2)19-17-16(18(20)22)13-6-4-5-7-14(13)25-17/h3-11H2,1-2H3. The van der Waals surface area contributed by atoms with Gasteiger partial charge in [-0.25, -0.2) is 4.98 Å². The van der Waals surface area contributed by atoms with Crippen LogP contribution >= 0.6 is 11.3 Å². The lowest BCUT2D eigenvalue weighted by Crippen LogP contribution is -2.29. The number of thiophene rings is 1. The highest BCUT2D eigenvalue weighted by Crippen LogP contribution is 2.33. The number of hydrogen-bond acceptors (Lipinski definition) is 6. The minimum Gasteiger partial charge on any atom is -0.462 e. The first-order chi connectivity index (χ1) is 12.1. The van der Waals surface area contributed by atoms with Crippen molar-refractivity contribution in [2.45, 2.75) is 52.5 Å². The minimum atomic E-state index is -0.435. The van der Waals surface area contributed by atoms with Crippen molar-refractivity contribution < 1.29 is 14.3 Å². The van der Waals surface area contributed by atoms with Crippen LogP contribution in [0.2, 0.25) is 0 Å². The van der Waals surface area contributed by atoms with E-state index in [0.717, 1.165) is 36.1 Å². The van der Waals surface area contributed by atoms with Gasteiger partial charge in [0, 0.05) is 11.5 Å². The summed E-state index contributed by atoms with van der Waals surface area (Å²) in [4.78, 5) is 31.6. The number of nitrogens with zero attached hydrogens (tertiary/aromatic N) is 2. The third-order valence-electron chi connectivity index (χ3n) is 4.39. The number of rotatable bonds is 7. The van der Waals surface area contributed by atoms with Crippen LogP contribution in [0.5, 0.6) is 0 Å². The Morgan fingerprint density at radius 3 is 2.84 bits per heavy atom. The predicted octanol–water partition coefficient (Wildman–Crippen LogP) is 2.62. The van der Waals surface area contributed by atoms with Crippen molar-refractivity contribution in [3.05, 3.63) is 26.6 Å². The number of aromatic nitrogens is 2. The first-order valence-electron chi connectivity index (χ1n) is 8.87. The Balaban J connectivity index is 1.77. The van der Waals surface area contributed by atoms with Crippen molar-refractivity contribution in [3.63, 3.8) is 0 Å². The smallest absolute Gasteiger partial charge is 0.326 e. The fourth-order valence-corrected chi connectivity index (χ4v) is 4.46. The van der Waals surface area contributed by atoms with E-state index in [4.69, 9.17) is 9.47 Å². The van der Waals surface area contributed by atoms with Crippen LogP contribution in [0.15, 0.2) is 4.79 Å². The minimum absolute atomic E-state index is 0.105. The quantitative estimate of drug-likeness (QED) is 0.558. The molecule has 0 amide bonds. The maximum absolute atomic E-state index is 12.9. The van der Waals surface area contributed by atoms with Gasteiger partial charge in [-0.05, 0) is 44.6 Å². The van der Waals surface area contributed by atoms with Gasteiger partial charge in [-0.2, -0.15) is 0 Å². The number of carbonyl (C=O) groups excluding carboxylic acids is 1. The fourth-order valence-electron chi connectivity index (χ4n) is 3.16. The number of aryl methyl sites for hydroxylation is 3. The van der Waals surface area contributed by atoms with Crippen molar-refractivity contribution in [2.75, 3.05) is 19.8 Å². The molecule has 25 heavy (non-hydrogen) atoms. The Morgan fingerprint density at radius 1 is 1.24 bits per heavy atom. The lowest BCUT2D eigenvalue weighted by Gasteiger charge is -2.12. The SMILES string of the molecule is CCCOCCOC(=O)Cn1c(C)nc2sc3c(c2c1=O)CCCC3. The molecule has 0 atom stereocenters. The molecule has 7 heteroatoms. The molecule has 0 spiro atoms. The Morgan fingerprint density at radius 2 is 2.04 bits per heavy atom. The second kappa shape index (κ2) is 8.10. The largest absolute Gasteiger partial charge is 0.462 e. The van der Waals surface area contributed by atoms with Crippen LogP contribution in [0.25, 0.3) is 10.2 Å². The molecular weight excluding hydrogens is 340 g/mol. The van der Waals surface area contributed by atoms with E-state index in [1.807, 2.05) is 6.92 Å². The molecule has 0 radical (unpaired) electrons. The molecule has 2 heterocycles. The molecule has 0 saturated carbocycles. The molecule has 2 aromatic rings. The van der Waals surface area contributed by atoms with Gasteiger partial charge in [0.25, 0.3) is 5.56 Å². The molecule has 0 N–H and O–H groups in total. The van der Waals surface area contributed by atoms with Gasteiger partial charge in [-0.15, -0.1) is 11.3 Å². The van der Waals surface area contributed by atoms with Crippen molar-refractivity contribution in [3.8, 4) is 0 Å². The highest BCUT2D eigenvalue weighted by atomic mass is 32.1. The molecule has 0 bridgehead atoms. The van der Waals surface area contributed by atoms with Crippen LogP contribution < -0.4 is 5.56 Å². The molecule has 0 aromatic carbocycles. The zero-order chi connectivity index (χ0) is 17.8. The van der Waals surface area contributed by atoms with Gasteiger partial charge >= 0.3 is 5.97 Å².